The van der Waals surface area contributed by atoms with Crippen LogP contribution in [0.5, 0.6) is 0 Å². The number of fused-ring (bicyclic) bond motifs is 2. The second kappa shape index (κ2) is 6.51. The SMILES string of the molecule is O=c1nc2sc(=Cc3cccc4ccccc34)c(=O)n2nc1-c1ccccc1. The Kier molecular flexibility index (Phi) is 3.84. The van der Waals surface area contributed by atoms with E-state index in [1.165, 1.54) is 15.9 Å². The zero-order valence-electron chi connectivity index (χ0n) is 14.6. The van der Waals surface area contributed by atoms with E-state index in [-0.39, 0.29) is 11.3 Å². The number of aromatic nitrogens is 3. The quantitative estimate of drug-likeness (QED) is 0.470. The molecule has 0 aliphatic heterocycles. The molecule has 6 heteroatoms. The van der Waals surface area contributed by atoms with Crippen molar-refractivity contribution in [1.82, 2.24) is 14.6 Å². The molecule has 134 valence electrons. The molecule has 0 aliphatic carbocycles. The van der Waals surface area contributed by atoms with Crippen molar-refractivity contribution in [2.75, 3.05) is 0 Å². The lowest BCUT2D eigenvalue weighted by Gasteiger charge is -2.00. The number of hydrogen-bond acceptors (Lipinski definition) is 5. The van der Waals surface area contributed by atoms with Crippen molar-refractivity contribution in [2.24, 2.45) is 0 Å². The summed E-state index contributed by atoms with van der Waals surface area (Å²) in [5.41, 5.74) is 1.03. The van der Waals surface area contributed by atoms with Gasteiger partial charge in [0.25, 0.3) is 5.56 Å². The molecule has 0 amide bonds. The van der Waals surface area contributed by atoms with Crippen LogP contribution in [0.25, 0.3) is 33.1 Å². The van der Waals surface area contributed by atoms with Gasteiger partial charge in [0, 0.05) is 5.56 Å². The highest BCUT2D eigenvalue weighted by Crippen LogP contribution is 2.19. The number of thiazole rings is 1. The molecule has 0 N–H and O–H groups in total. The van der Waals surface area contributed by atoms with Gasteiger partial charge in [-0.1, -0.05) is 84.1 Å². The van der Waals surface area contributed by atoms with Crippen LogP contribution in [0, 0.1) is 0 Å². The van der Waals surface area contributed by atoms with E-state index >= 15 is 0 Å². The second-order valence-corrected chi connectivity index (χ2v) is 7.32. The van der Waals surface area contributed by atoms with Crippen LogP contribution in [-0.2, 0) is 0 Å². The summed E-state index contributed by atoms with van der Waals surface area (Å²) in [5.74, 6) is 0. The predicted molar refractivity (Wildman–Crippen MR) is 112 cm³/mol. The van der Waals surface area contributed by atoms with Crippen LogP contribution >= 0.6 is 11.3 Å². The Balaban J connectivity index is 1.76. The number of benzene rings is 3. The maximum atomic E-state index is 12.9. The van der Waals surface area contributed by atoms with Gasteiger partial charge in [-0.15, -0.1) is 0 Å². The predicted octanol–water partition coefficient (Wildman–Crippen LogP) is 2.88. The summed E-state index contributed by atoms with van der Waals surface area (Å²) in [6.45, 7) is 0. The summed E-state index contributed by atoms with van der Waals surface area (Å²) in [7, 11) is 0. The van der Waals surface area contributed by atoms with Crippen LogP contribution in [-0.4, -0.2) is 14.6 Å². The molecule has 0 aliphatic rings. The summed E-state index contributed by atoms with van der Waals surface area (Å²) >= 11 is 1.17. The van der Waals surface area contributed by atoms with E-state index in [1.807, 2.05) is 66.7 Å². The molecular formula is C22H13N3O2S. The number of nitrogens with zero attached hydrogens (tertiary/aromatic N) is 3. The third kappa shape index (κ3) is 2.71. The van der Waals surface area contributed by atoms with Crippen molar-refractivity contribution in [2.45, 2.75) is 0 Å². The van der Waals surface area contributed by atoms with Crippen LogP contribution in [0.2, 0.25) is 0 Å². The van der Waals surface area contributed by atoms with Crippen molar-refractivity contribution in [3.05, 3.63) is 104 Å². The molecule has 0 fully saturated rings. The summed E-state index contributed by atoms with van der Waals surface area (Å²) < 4.78 is 1.70. The zero-order chi connectivity index (χ0) is 19.1. The molecule has 0 atom stereocenters. The van der Waals surface area contributed by atoms with Gasteiger partial charge in [-0.25, -0.2) is 0 Å². The van der Waals surface area contributed by atoms with Crippen LogP contribution in [0.3, 0.4) is 0 Å². The average molecular weight is 383 g/mol. The van der Waals surface area contributed by atoms with E-state index in [2.05, 4.69) is 10.1 Å². The topological polar surface area (TPSA) is 64.3 Å². The molecular weight excluding hydrogens is 370 g/mol. The zero-order valence-corrected chi connectivity index (χ0v) is 15.4. The highest BCUT2D eigenvalue weighted by atomic mass is 32.1. The Labute approximate surface area is 162 Å². The summed E-state index contributed by atoms with van der Waals surface area (Å²) in [6.07, 6.45) is 1.83. The van der Waals surface area contributed by atoms with Gasteiger partial charge in [0.2, 0.25) is 4.96 Å². The molecule has 0 saturated carbocycles. The normalized spacial score (nSPS) is 12.1. The summed E-state index contributed by atoms with van der Waals surface area (Å²) in [5, 5.41) is 6.45. The van der Waals surface area contributed by atoms with Crippen molar-refractivity contribution in [3.63, 3.8) is 0 Å². The first kappa shape index (κ1) is 16.5. The Hall–Kier alpha value is -3.64. The summed E-state index contributed by atoms with van der Waals surface area (Å²) in [4.78, 5) is 29.7. The van der Waals surface area contributed by atoms with Crippen molar-refractivity contribution >= 4 is 33.1 Å². The second-order valence-electron chi connectivity index (χ2n) is 6.31. The highest BCUT2D eigenvalue weighted by molar-refractivity contribution is 7.15. The Morgan fingerprint density at radius 2 is 1.61 bits per heavy atom. The van der Waals surface area contributed by atoms with Gasteiger partial charge in [-0.05, 0) is 22.4 Å². The van der Waals surface area contributed by atoms with E-state index in [4.69, 9.17) is 0 Å². The lowest BCUT2D eigenvalue weighted by atomic mass is 10.0. The van der Waals surface area contributed by atoms with E-state index in [1.54, 1.807) is 12.1 Å². The highest BCUT2D eigenvalue weighted by Gasteiger charge is 2.12. The first-order valence-electron chi connectivity index (χ1n) is 8.69. The van der Waals surface area contributed by atoms with Gasteiger partial charge < -0.3 is 0 Å². The third-order valence-corrected chi connectivity index (χ3v) is 5.50. The van der Waals surface area contributed by atoms with E-state index in [0.717, 1.165) is 16.3 Å². The van der Waals surface area contributed by atoms with Crippen LogP contribution in [0.4, 0.5) is 0 Å². The Morgan fingerprint density at radius 3 is 2.46 bits per heavy atom. The number of rotatable bonds is 2. The molecule has 3 aromatic carbocycles. The molecule has 0 saturated heterocycles. The minimum atomic E-state index is -0.441. The first-order valence-corrected chi connectivity index (χ1v) is 9.51. The first-order chi connectivity index (χ1) is 13.7. The van der Waals surface area contributed by atoms with Crippen molar-refractivity contribution in [1.29, 1.82) is 0 Å². The summed E-state index contributed by atoms with van der Waals surface area (Å²) in [6, 6.07) is 23.0. The fourth-order valence-corrected chi connectivity index (χ4v) is 4.10. The minimum Gasteiger partial charge on any atom is -0.266 e. The molecule has 5 rings (SSSR count). The van der Waals surface area contributed by atoms with E-state index in [9.17, 15) is 9.59 Å². The molecule has 0 spiro atoms. The van der Waals surface area contributed by atoms with Crippen molar-refractivity contribution in [3.8, 4) is 11.3 Å². The standard InChI is InChI=1S/C22H13N3O2S/c26-20-19(15-8-2-1-3-9-15)24-25-21(27)18(28-22(25)23-20)13-16-11-6-10-14-7-4-5-12-17(14)16/h1-13H. The molecule has 0 radical (unpaired) electrons. The fraction of sp³-hybridized carbons (Fsp3) is 0. The van der Waals surface area contributed by atoms with Gasteiger partial charge in [0.05, 0.1) is 4.53 Å². The van der Waals surface area contributed by atoms with Gasteiger partial charge in [-0.2, -0.15) is 14.6 Å². The van der Waals surface area contributed by atoms with Gasteiger partial charge in [-0.3, -0.25) is 9.59 Å². The van der Waals surface area contributed by atoms with Crippen LogP contribution < -0.4 is 15.7 Å². The van der Waals surface area contributed by atoms with Gasteiger partial charge in [0.15, 0.2) is 5.69 Å². The van der Waals surface area contributed by atoms with Crippen molar-refractivity contribution < 1.29 is 0 Å². The third-order valence-electron chi connectivity index (χ3n) is 4.54. The molecule has 28 heavy (non-hydrogen) atoms. The Morgan fingerprint density at radius 1 is 0.857 bits per heavy atom. The van der Waals surface area contributed by atoms with E-state index < -0.39 is 5.56 Å². The smallest absolute Gasteiger partial charge is 0.266 e. The minimum absolute atomic E-state index is 0.171. The van der Waals surface area contributed by atoms with Crippen LogP contribution in [0.15, 0.2) is 82.4 Å². The largest absolute Gasteiger partial charge is 0.300 e. The van der Waals surface area contributed by atoms with Crippen LogP contribution in [0.1, 0.15) is 5.56 Å². The maximum Gasteiger partial charge on any atom is 0.300 e. The Bertz CT molecular complexity index is 1500. The molecule has 2 heterocycles. The maximum absolute atomic E-state index is 12.9. The monoisotopic (exact) mass is 383 g/mol. The molecule has 0 bridgehead atoms. The molecule has 5 aromatic rings. The lowest BCUT2D eigenvalue weighted by Crippen LogP contribution is -2.26. The average Bonchev–Trinajstić information content (AvgIpc) is 3.03. The van der Waals surface area contributed by atoms with E-state index in [0.29, 0.717) is 15.1 Å². The lowest BCUT2D eigenvalue weighted by molar-refractivity contribution is 0.873. The molecule has 5 nitrogen and oxygen atoms in total. The molecule has 2 aromatic heterocycles. The van der Waals surface area contributed by atoms with Gasteiger partial charge >= 0.3 is 5.56 Å². The molecule has 0 unspecified atom stereocenters. The number of hydrogen-bond donors (Lipinski definition) is 0. The van der Waals surface area contributed by atoms with Gasteiger partial charge in [0.1, 0.15) is 0 Å². The fourth-order valence-electron chi connectivity index (χ4n) is 3.20.